The lowest BCUT2D eigenvalue weighted by Crippen LogP contribution is -2.49. The maximum atomic E-state index is 14.9. The van der Waals surface area contributed by atoms with Crippen LogP contribution in [0.15, 0.2) is 59.3 Å². The molecule has 4 rings (SSSR count). The Hall–Kier alpha value is -3.15. The molecule has 2 heterocycles. The Balaban J connectivity index is 1.29. The van der Waals surface area contributed by atoms with Crippen molar-refractivity contribution in [3.63, 3.8) is 0 Å². The van der Waals surface area contributed by atoms with Gasteiger partial charge in [0.1, 0.15) is 24.0 Å². The van der Waals surface area contributed by atoms with Crippen molar-refractivity contribution < 1.29 is 41.0 Å². The third-order valence-electron chi connectivity index (χ3n) is 7.19. The highest BCUT2D eigenvalue weighted by Crippen LogP contribution is 2.31. The number of ether oxygens (including phenoxy) is 2. The topological polar surface area (TPSA) is 64.6 Å². The second-order valence-electron chi connectivity index (χ2n) is 10.4. The number of rotatable bonds is 13. The first-order valence-electron chi connectivity index (χ1n) is 13.7. The van der Waals surface area contributed by atoms with Crippen LogP contribution in [0.5, 0.6) is 0 Å². The SMILES string of the molecule is O=C(Cc1cccc(F)c1CC[C@@H]1CN[C@H](COC(=O)CCC(F)(F)F)CO1)C[C@@H](c1ccc(F)cc1)c1ccsc1. The van der Waals surface area contributed by atoms with Gasteiger partial charge < -0.3 is 14.8 Å². The number of Topliss-reactive ketones (excluding diaryl/α,β-unsaturated/α-hetero) is 1. The second kappa shape index (κ2) is 14.8. The van der Waals surface area contributed by atoms with Crippen LogP contribution in [-0.4, -0.2) is 49.8 Å². The third kappa shape index (κ3) is 9.71. The molecule has 0 radical (unpaired) electrons. The smallest absolute Gasteiger partial charge is 0.389 e. The molecule has 5 nitrogen and oxygen atoms in total. The van der Waals surface area contributed by atoms with Gasteiger partial charge in [0, 0.05) is 25.3 Å². The van der Waals surface area contributed by atoms with Crippen molar-refractivity contribution in [3.8, 4) is 0 Å². The third-order valence-corrected chi connectivity index (χ3v) is 7.90. The summed E-state index contributed by atoms with van der Waals surface area (Å²) in [7, 11) is 0. The summed E-state index contributed by atoms with van der Waals surface area (Å²) in [5.74, 6) is -1.97. The Labute approximate surface area is 245 Å². The van der Waals surface area contributed by atoms with Gasteiger partial charge in [0.2, 0.25) is 0 Å². The van der Waals surface area contributed by atoms with E-state index in [1.54, 1.807) is 24.3 Å². The van der Waals surface area contributed by atoms with Crippen molar-refractivity contribution in [3.05, 3.63) is 93.2 Å². The summed E-state index contributed by atoms with van der Waals surface area (Å²) in [6, 6.07) is 12.4. The van der Waals surface area contributed by atoms with E-state index >= 15 is 0 Å². The molecular weight excluding hydrogens is 577 g/mol. The van der Waals surface area contributed by atoms with Gasteiger partial charge in [-0.3, -0.25) is 9.59 Å². The van der Waals surface area contributed by atoms with E-state index in [1.165, 1.54) is 29.5 Å². The van der Waals surface area contributed by atoms with Gasteiger partial charge >= 0.3 is 12.1 Å². The monoisotopic (exact) mass is 609 g/mol. The number of hydrogen-bond acceptors (Lipinski definition) is 6. The molecule has 1 N–H and O–H groups in total. The minimum atomic E-state index is -4.42. The number of thiophene rings is 1. The number of carbonyl (C=O) groups excluding carboxylic acids is 2. The van der Waals surface area contributed by atoms with Gasteiger partial charge in [-0.15, -0.1) is 0 Å². The minimum absolute atomic E-state index is 0.0560. The van der Waals surface area contributed by atoms with E-state index in [-0.39, 0.29) is 55.7 Å². The lowest BCUT2D eigenvalue weighted by Gasteiger charge is -2.30. The van der Waals surface area contributed by atoms with E-state index in [4.69, 9.17) is 9.47 Å². The zero-order valence-electron chi connectivity index (χ0n) is 22.8. The van der Waals surface area contributed by atoms with Crippen LogP contribution in [-0.2, 0) is 31.9 Å². The number of hydrogen-bond donors (Lipinski definition) is 1. The van der Waals surface area contributed by atoms with Crippen LogP contribution >= 0.6 is 11.3 Å². The van der Waals surface area contributed by atoms with Crippen LogP contribution in [0.1, 0.15) is 53.9 Å². The van der Waals surface area contributed by atoms with Crippen LogP contribution < -0.4 is 5.32 Å². The molecule has 1 aliphatic rings. The summed E-state index contributed by atoms with van der Waals surface area (Å²) in [6.07, 6.45) is -5.57. The number of carbonyl (C=O) groups is 2. The molecule has 2 aromatic carbocycles. The van der Waals surface area contributed by atoms with Crippen molar-refractivity contribution in [2.24, 2.45) is 0 Å². The normalized spacial score (nSPS) is 18.0. The van der Waals surface area contributed by atoms with Gasteiger partial charge in [0.05, 0.1) is 31.6 Å². The molecule has 3 atom stereocenters. The molecule has 42 heavy (non-hydrogen) atoms. The van der Waals surface area contributed by atoms with Crippen LogP contribution in [0.3, 0.4) is 0 Å². The molecule has 226 valence electrons. The molecule has 0 spiro atoms. The number of morpholine rings is 1. The van der Waals surface area contributed by atoms with Gasteiger partial charge in [-0.25, -0.2) is 8.78 Å². The number of ketones is 1. The zero-order chi connectivity index (χ0) is 30.1. The predicted octanol–water partition coefficient (Wildman–Crippen LogP) is 6.54. The molecule has 0 unspecified atom stereocenters. The maximum Gasteiger partial charge on any atom is 0.389 e. The summed E-state index contributed by atoms with van der Waals surface area (Å²) >= 11 is 1.52. The van der Waals surface area contributed by atoms with Crippen molar-refractivity contribution in [1.29, 1.82) is 0 Å². The molecule has 1 saturated heterocycles. The summed E-state index contributed by atoms with van der Waals surface area (Å²) in [5.41, 5.74) is 2.86. The quantitative estimate of drug-likeness (QED) is 0.176. The van der Waals surface area contributed by atoms with Gasteiger partial charge in [-0.2, -0.15) is 24.5 Å². The van der Waals surface area contributed by atoms with Crippen LogP contribution in [0, 0.1) is 11.6 Å². The average Bonchev–Trinajstić information content (AvgIpc) is 3.49. The fraction of sp³-hybridized carbons (Fsp3) is 0.419. The Morgan fingerprint density at radius 3 is 2.52 bits per heavy atom. The summed E-state index contributed by atoms with van der Waals surface area (Å²) in [4.78, 5) is 24.8. The van der Waals surface area contributed by atoms with Crippen LogP contribution in [0.4, 0.5) is 22.0 Å². The maximum absolute atomic E-state index is 14.9. The molecule has 11 heteroatoms. The highest BCUT2D eigenvalue weighted by Gasteiger charge is 2.29. The summed E-state index contributed by atoms with van der Waals surface area (Å²) in [6.45, 7) is 0.480. The van der Waals surface area contributed by atoms with Gasteiger partial charge in [-0.1, -0.05) is 24.3 Å². The highest BCUT2D eigenvalue weighted by molar-refractivity contribution is 7.08. The Morgan fingerprint density at radius 1 is 1.07 bits per heavy atom. The Morgan fingerprint density at radius 2 is 1.86 bits per heavy atom. The first-order valence-corrected chi connectivity index (χ1v) is 14.6. The molecule has 0 bridgehead atoms. The van der Waals surface area contributed by atoms with E-state index in [0.29, 0.717) is 30.5 Å². The largest absolute Gasteiger partial charge is 0.464 e. The standard InChI is InChI=1S/C31H32F5NO4S/c32-23-6-4-20(5-7-23)28(22-11-13-42-19-22)15-25(38)14-21-2-1-3-29(33)27(21)9-8-26-16-37-24(17-40-26)18-41-30(39)10-12-31(34,35)36/h1-7,11,13,19,24,26,28,37H,8-10,12,14-18H2/t24-,26+,28-/m0/s1. The van der Waals surface area contributed by atoms with Gasteiger partial charge in [-0.05, 0) is 70.1 Å². The van der Waals surface area contributed by atoms with Crippen LogP contribution in [0.25, 0.3) is 0 Å². The van der Waals surface area contributed by atoms with Crippen molar-refractivity contribution in [1.82, 2.24) is 5.32 Å². The number of esters is 1. The Bertz CT molecular complexity index is 1310. The zero-order valence-corrected chi connectivity index (χ0v) is 23.6. The number of nitrogens with one attached hydrogen (secondary N) is 1. The highest BCUT2D eigenvalue weighted by atomic mass is 32.1. The lowest BCUT2D eigenvalue weighted by atomic mass is 9.86. The van der Waals surface area contributed by atoms with E-state index in [2.05, 4.69) is 5.32 Å². The molecule has 1 aliphatic heterocycles. The first kappa shape index (κ1) is 31.8. The van der Waals surface area contributed by atoms with E-state index in [0.717, 1.165) is 11.1 Å². The lowest BCUT2D eigenvalue weighted by molar-refractivity contribution is -0.158. The second-order valence-corrected chi connectivity index (χ2v) is 11.1. The van der Waals surface area contributed by atoms with Crippen molar-refractivity contribution in [2.75, 3.05) is 19.8 Å². The van der Waals surface area contributed by atoms with E-state index < -0.39 is 30.8 Å². The van der Waals surface area contributed by atoms with E-state index in [1.807, 2.05) is 16.8 Å². The molecule has 1 fully saturated rings. The summed E-state index contributed by atoms with van der Waals surface area (Å²) in [5, 5.41) is 7.05. The number of halogens is 5. The summed E-state index contributed by atoms with van der Waals surface area (Å²) < 4.78 is 75.9. The fourth-order valence-electron chi connectivity index (χ4n) is 4.93. The molecular formula is C31H32F5NO4S. The Kier molecular flexibility index (Phi) is 11.2. The molecule has 3 aromatic rings. The number of alkyl halides is 3. The van der Waals surface area contributed by atoms with Crippen LogP contribution in [0.2, 0.25) is 0 Å². The fourth-order valence-corrected chi connectivity index (χ4v) is 5.65. The molecule has 0 amide bonds. The molecule has 0 saturated carbocycles. The van der Waals surface area contributed by atoms with Crippen molar-refractivity contribution >= 4 is 23.1 Å². The van der Waals surface area contributed by atoms with Gasteiger partial charge in [0.25, 0.3) is 0 Å². The first-order chi connectivity index (χ1) is 20.1. The van der Waals surface area contributed by atoms with Gasteiger partial charge in [0.15, 0.2) is 0 Å². The predicted molar refractivity (Wildman–Crippen MR) is 148 cm³/mol. The molecule has 1 aromatic heterocycles. The van der Waals surface area contributed by atoms with Crippen molar-refractivity contribution in [2.45, 2.75) is 62.8 Å². The minimum Gasteiger partial charge on any atom is -0.464 e. The number of benzene rings is 2. The van der Waals surface area contributed by atoms with E-state index in [9.17, 15) is 31.5 Å². The molecule has 0 aliphatic carbocycles. The average molecular weight is 610 g/mol.